The second-order valence-electron chi connectivity index (χ2n) is 6.42. The zero-order chi connectivity index (χ0) is 18.6. The Morgan fingerprint density at radius 1 is 1.31 bits per heavy atom. The highest BCUT2D eigenvalue weighted by Gasteiger charge is 2.27. The number of benzene rings is 1. The third-order valence-corrected chi connectivity index (χ3v) is 6.26. The predicted octanol–water partition coefficient (Wildman–Crippen LogP) is 2.48. The van der Waals surface area contributed by atoms with Crippen molar-refractivity contribution < 1.29 is 17.9 Å². The molecule has 0 saturated carbocycles. The first kappa shape index (κ1) is 18.9. The van der Waals surface area contributed by atoms with Gasteiger partial charge in [0.25, 0.3) is 0 Å². The van der Waals surface area contributed by atoms with Crippen molar-refractivity contribution in [2.45, 2.75) is 30.1 Å². The second-order valence-corrected chi connectivity index (χ2v) is 9.27. The number of rotatable bonds is 6. The SMILES string of the molecule is CS(=O)(=O)c1ccc(C(CC2CCOCC2)C(=O)Nc2nncs2)cc1. The Balaban J connectivity index is 1.82. The molecule has 1 aliphatic rings. The van der Waals surface area contributed by atoms with Crippen LogP contribution in [0.4, 0.5) is 5.13 Å². The minimum atomic E-state index is -3.27. The molecule has 2 aromatic rings. The molecule has 1 saturated heterocycles. The molecule has 1 unspecified atom stereocenters. The lowest BCUT2D eigenvalue weighted by molar-refractivity contribution is -0.118. The number of hydrogen-bond donors (Lipinski definition) is 1. The standard InChI is InChI=1S/C17H21N3O4S2/c1-26(22,23)14-4-2-13(3-5-14)15(10-12-6-8-24-9-7-12)16(21)19-17-20-18-11-25-17/h2-5,11-12,15H,6-10H2,1H3,(H,19,20,21). The molecule has 3 rings (SSSR count). The highest BCUT2D eigenvalue weighted by Crippen LogP contribution is 2.31. The number of hydrogen-bond acceptors (Lipinski definition) is 7. The fraction of sp³-hybridized carbons (Fsp3) is 0.471. The third-order valence-electron chi connectivity index (χ3n) is 4.53. The lowest BCUT2D eigenvalue weighted by Gasteiger charge is -2.26. The average molecular weight is 396 g/mol. The molecule has 1 aromatic heterocycles. The van der Waals surface area contributed by atoms with Crippen LogP contribution >= 0.6 is 11.3 Å². The summed E-state index contributed by atoms with van der Waals surface area (Å²) in [5.41, 5.74) is 2.36. The van der Waals surface area contributed by atoms with Crippen LogP contribution in [0.5, 0.6) is 0 Å². The van der Waals surface area contributed by atoms with Crippen molar-refractivity contribution in [3.63, 3.8) is 0 Å². The number of sulfone groups is 1. The van der Waals surface area contributed by atoms with Gasteiger partial charge in [-0.3, -0.25) is 10.1 Å². The van der Waals surface area contributed by atoms with E-state index in [0.717, 1.165) is 18.4 Å². The maximum Gasteiger partial charge on any atom is 0.233 e. The van der Waals surface area contributed by atoms with E-state index in [1.165, 1.54) is 17.6 Å². The van der Waals surface area contributed by atoms with Gasteiger partial charge in [-0.05, 0) is 42.9 Å². The van der Waals surface area contributed by atoms with Crippen LogP contribution in [-0.4, -0.2) is 44.0 Å². The van der Waals surface area contributed by atoms with Gasteiger partial charge in [-0.25, -0.2) is 8.42 Å². The van der Waals surface area contributed by atoms with E-state index in [2.05, 4.69) is 15.5 Å². The Kier molecular flexibility index (Phi) is 6.00. The molecular weight excluding hydrogens is 374 g/mol. The summed E-state index contributed by atoms with van der Waals surface area (Å²) in [6, 6.07) is 6.56. The van der Waals surface area contributed by atoms with E-state index < -0.39 is 9.84 Å². The molecule has 1 N–H and O–H groups in total. The van der Waals surface area contributed by atoms with Crippen LogP contribution in [-0.2, 0) is 19.4 Å². The van der Waals surface area contributed by atoms with E-state index in [1.54, 1.807) is 29.8 Å². The van der Waals surface area contributed by atoms with Crippen molar-refractivity contribution in [1.29, 1.82) is 0 Å². The maximum absolute atomic E-state index is 12.8. The lowest BCUT2D eigenvalue weighted by Crippen LogP contribution is -2.26. The summed E-state index contributed by atoms with van der Waals surface area (Å²) in [7, 11) is -3.27. The number of amides is 1. The minimum Gasteiger partial charge on any atom is -0.381 e. The van der Waals surface area contributed by atoms with Gasteiger partial charge in [0.05, 0.1) is 10.8 Å². The molecule has 140 valence electrons. The summed E-state index contributed by atoms with van der Waals surface area (Å²) >= 11 is 1.26. The van der Waals surface area contributed by atoms with E-state index in [1.807, 2.05) is 0 Å². The van der Waals surface area contributed by atoms with Crippen molar-refractivity contribution in [2.24, 2.45) is 5.92 Å². The van der Waals surface area contributed by atoms with Crippen LogP contribution in [0.15, 0.2) is 34.7 Å². The van der Waals surface area contributed by atoms with Crippen LogP contribution in [0.2, 0.25) is 0 Å². The molecule has 26 heavy (non-hydrogen) atoms. The fourth-order valence-corrected chi connectivity index (χ4v) is 4.16. The molecule has 9 heteroatoms. The molecule has 0 aliphatic carbocycles. The molecule has 0 radical (unpaired) electrons. The Labute approximate surface area is 156 Å². The number of nitrogens with one attached hydrogen (secondary N) is 1. The minimum absolute atomic E-state index is 0.152. The van der Waals surface area contributed by atoms with Gasteiger partial charge in [-0.2, -0.15) is 0 Å². The molecule has 7 nitrogen and oxygen atoms in total. The van der Waals surface area contributed by atoms with Crippen LogP contribution in [0.3, 0.4) is 0 Å². The van der Waals surface area contributed by atoms with E-state index in [9.17, 15) is 13.2 Å². The normalized spacial score (nSPS) is 17.0. The summed E-state index contributed by atoms with van der Waals surface area (Å²) < 4.78 is 28.7. The van der Waals surface area contributed by atoms with Gasteiger partial charge >= 0.3 is 0 Å². The summed E-state index contributed by atoms with van der Waals surface area (Å²) in [5, 5.41) is 10.9. The molecule has 1 aliphatic heterocycles. The Morgan fingerprint density at radius 2 is 2.00 bits per heavy atom. The van der Waals surface area contributed by atoms with E-state index in [4.69, 9.17) is 4.74 Å². The summed E-state index contributed by atoms with van der Waals surface area (Å²) in [6.45, 7) is 1.42. The molecule has 0 spiro atoms. The zero-order valence-corrected chi connectivity index (χ0v) is 16.1. The molecule has 1 amide bonds. The van der Waals surface area contributed by atoms with Crippen LogP contribution in [0, 0.1) is 5.92 Å². The summed E-state index contributed by atoms with van der Waals surface area (Å²) in [4.78, 5) is 13.1. The molecule has 1 aromatic carbocycles. The van der Waals surface area contributed by atoms with E-state index in [-0.39, 0.29) is 16.7 Å². The monoisotopic (exact) mass is 395 g/mol. The number of ether oxygens (including phenoxy) is 1. The molecular formula is C17H21N3O4S2. The Morgan fingerprint density at radius 3 is 2.58 bits per heavy atom. The fourth-order valence-electron chi connectivity index (χ4n) is 3.08. The number of carbonyl (C=O) groups is 1. The highest BCUT2D eigenvalue weighted by molar-refractivity contribution is 7.90. The lowest BCUT2D eigenvalue weighted by atomic mass is 9.84. The highest BCUT2D eigenvalue weighted by atomic mass is 32.2. The number of anilines is 1. The van der Waals surface area contributed by atoms with Gasteiger partial charge in [-0.15, -0.1) is 10.2 Å². The van der Waals surface area contributed by atoms with E-state index in [0.29, 0.717) is 30.7 Å². The average Bonchev–Trinajstić information content (AvgIpc) is 3.13. The Bertz CT molecular complexity index is 829. The number of aromatic nitrogens is 2. The van der Waals surface area contributed by atoms with Gasteiger partial charge in [0.2, 0.25) is 11.0 Å². The van der Waals surface area contributed by atoms with E-state index >= 15 is 0 Å². The van der Waals surface area contributed by atoms with Crippen LogP contribution in [0.1, 0.15) is 30.7 Å². The molecule has 1 fully saturated rings. The maximum atomic E-state index is 12.8. The molecule has 2 heterocycles. The topological polar surface area (TPSA) is 98.2 Å². The zero-order valence-electron chi connectivity index (χ0n) is 14.4. The first-order valence-corrected chi connectivity index (χ1v) is 11.2. The van der Waals surface area contributed by atoms with Gasteiger partial charge < -0.3 is 4.74 Å². The van der Waals surface area contributed by atoms with Crippen molar-refractivity contribution in [1.82, 2.24) is 10.2 Å². The van der Waals surface area contributed by atoms with Crippen LogP contribution < -0.4 is 5.32 Å². The van der Waals surface area contributed by atoms with Gasteiger partial charge in [0, 0.05) is 19.5 Å². The predicted molar refractivity (Wildman–Crippen MR) is 99.0 cm³/mol. The smallest absolute Gasteiger partial charge is 0.233 e. The quantitative estimate of drug-likeness (QED) is 0.807. The summed E-state index contributed by atoms with van der Waals surface area (Å²) in [6.07, 6.45) is 3.70. The number of carbonyl (C=O) groups excluding carboxylic acids is 1. The third kappa shape index (κ3) is 4.87. The first-order valence-electron chi connectivity index (χ1n) is 8.38. The van der Waals surface area contributed by atoms with Crippen molar-refractivity contribution in [2.75, 3.05) is 24.8 Å². The van der Waals surface area contributed by atoms with Gasteiger partial charge in [0.15, 0.2) is 9.84 Å². The number of nitrogens with zero attached hydrogens (tertiary/aromatic N) is 2. The molecule has 0 bridgehead atoms. The Hall–Kier alpha value is -1.84. The van der Waals surface area contributed by atoms with Crippen molar-refractivity contribution in [3.05, 3.63) is 35.3 Å². The largest absolute Gasteiger partial charge is 0.381 e. The van der Waals surface area contributed by atoms with Crippen molar-refractivity contribution in [3.8, 4) is 0 Å². The second kappa shape index (κ2) is 8.24. The summed E-state index contributed by atoms with van der Waals surface area (Å²) in [5.74, 6) is -0.139. The van der Waals surface area contributed by atoms with Crippen LogP contribution in [0.25, 0.3) is 0 Å². The van der Waals surface area contributed by atoms with Gasteiger partial charge in [0.1, 0.15) is 5.51 Å². The van der Waals surface area contributed by atoms with Crippen molar-refractivity contribution >= 4 is 32.2 Å². The molecule has 1 atom stereocenters. The van der Waals surface area contributed by atoms with Gasteiger partial charge in [-0.1, -0.05) is 23.5 Å². The first-order chi connectivity index (χ1) is 12.4.